The van der Waals surface area contributed by atoms with Crippen molar-refractivity contribution in [2.24, 2.45) is 0 Å². The Labute approximate surface area is 157 Å². The van der Waals surface area contributed by atoms with Crippen LogP contribution in [0.1, 0.15) is 45.5 Å². The highest BCUT2D eigenvalue weighted by Gasteiger charge is 2.35. The van der Waals surface area contributed by atoms with Gasteiger partial charge in [0.2, 0.25) is 0 Å². The first-order valence-corrected chi connectivity index (χ1v) is 8.70. The van der Waals surface area contributed by atoms with E-state index in [4.69, 9.17) is 13.9 Å². The van der Waals surface area contributed by atoms with E-state index >= 15 is 0 Å². The molecular formula is C20H23NO6. The number of methoxy groups -OCH3 is 2. The monoisotopic (exact) mass is 373 g/mol. The molecule has 7 nitrogen and oxygen atoms in total. The molecule has 1 N–H and O–H groups in total. The zero-order valence-corrected chi connectivity index (χ0v) is 15.9. The van der Waals surface area contributed by atoms with Crippen molar-refractivity contribution >= 4 is 11.9 Å². The van der Waals surface area contributed by atoms with E-state index < -0.39 is 12.0 Å². The van der Waals surface area contributed by atoms with Crippen molar-refractivity contribution in [3.63, 3.8) is 0 Å². The van der Waals surface area contributed by atoms with E-state index in [-0.39, 0.29) is 18.1 Å². The first kappa shape index (κ1) is 18.8. The summed E-state index contributed by atoms with van der Waals surface area (Å²) in [7, 11) is 3.08. The minimum absolute atomic E-state index is 0.201. The second-order valence-electron chi connectivity index (χ2n) is 6.64. The molecule has 0 spiro atoms. The van der Waals surface area contributed by atoms with Crippen LogP contribution in [0.3, 0.4) is 0 Å². The fourth-order valence-corrected chi connectivity index (χ4v) is 3.64. The fourth-order valence-electron chi connectivity index (χ4n) is 3.64. The average Bonchev–Trinajstić information content (AvgIpc) is 2.98. The van der Waals surface area contributed by atoms with Crippen LogP contribution in [-0.4, -0.2) is 42.6 Å². The number of amides is 1. The van der Waals surface area contributed by atoms with Gasteiger partial charge in [0.25, 0.3) is 5.91 Å². The lowest BCUT2D eigenvalue weighted by Gasteiger charge is -2.36. The molecule has 1 amide bonds. The zero-order valence-electron chi connectivity index (χ0n) is 15.9. The van der Waals surface area contributed by atoms with Crippen LogP contribution in [0.4, 0.5) is 0 Å². The van der Waals surface area contributed by atoms with Crippen LogP contribution in [0.15, 0.2) is 22.6 Å². The van der Waals surface area contributed by atoms with Gasteiger partial charge in [-0.05, 0) is 49.6 Å². The van der Waals surface area contributed by atoms with Crippen LogP contribution in [-0.2, 0) is 11.2 Å². The van der Waals surface area contributed by atoms with E-state index in [0.717, 1.165) is 16.7 Å². The van der Waals surface area contributed by atoms with Crippen molar-refractivity contribution in [1.29, 1.82) is 0 Å². The predicted molar refractivity (Wildman–Crippen MR) is 97.5 cm³/mol. The van der Waals surface area contributed by atoms with Gasteiger partial charge < -0.3 is 23.9 Å². The van der Waals surface area contributed by atoms with Gasteiger partial charge in [-0.3, -0.25) is 9.59 Å². The molecule has 2 aromatic rings. The van der Waals surface area contributed by atoms with Gasteiger partial charge in [0.05, 0.1) is 26.7 Å². The van der Waals surface area contributed by atoms with E-state index in [9.17, 15) is 14.7 Å². The second-order valence-corrected chi connectivity index (χ2v) is 6.64. The van der Waals surface area contributed by atoms with Crippen LogP contribution < -0.4 is 9.47 Å². The molecule has 0 bridgehead atoms. The molecule has 2 heterocycles. The zero-order chi connectivity index (χ0) is 19.7. The molecule has 27 heavy (non-hydrogen) atoms. The summed E-state index contributed by atoms with van der Waals surface area (Å²) in [6, 6.07) is 4.81. The number of aryl methyl sites for hydroxylation is 2. The summed E-state index contributed by atoms with van der Waals surface area (Å²) in [5.74, 6) is 0.717. The number of carboxylic acids is 1. The summed E-state index contributed by atoms with van der Waals surface area (Å²) in [6.07, 6.45) is 0.392. The number of hydrogen-bond acceptors (Lipinski definition) is 5. The number of carboxylic acid groups (broad SMARTS) is 1. The van der Waals surface area contributed by atoms with Gasteiger partial charge in [-0.1, -0.05) is 0 Å². The van der Waals surface area contributed by atoms with E-state index in [1.807, 2.05) is 13.0 Å². The number of hydrogen-bond donors (Lipinski definition) is 1. The maximum atomic E-state index is 13.1. The molecule has 1 unspecified atom stereocenters. The van der Waals surface area contributed by atoms with Gasteiger partial charge in [0.15, 0.2) is 17.3 Å². The number of benzene rings is 1. The predicted octanol–water partition coefficient (Wildman–Crippen LogP) is 3.13. The van der Waals surface area contributed by atoms with Crippen molar-refractivity contribution in [1.82, 2.24) is 4.90 Å². The topological polar surface area (TPSA) is 89.2 Å². The number of nitrogens with zero attached hydrogens (tertiary/aromatic N) is 1. The summed E-state index contributed by atoms with van der Waals surface area (Å²) in [6.45, 7) is 3.99. The fraction of sp³-hybridized carbons (Fsp3) is 0.400. The number of carbonyl (C=O) groups excluding carboxylic acids is 1. The molecule has 1 aliphatic rings. The summed E-state index contributed by atoms with van der Waals surface area (Å²) in [5, 5.41) is 9.43. The van der Waals surface area contributed by atoms with Crippen LogP contribution in [0.2, 0.25) is 0 Å². The Kier molecular flexibility index (Phi) is 5.12. The normalized spacial score (nSPS) is 16.0. The molecule has 1 atom stereocenters. The largest absolute Gasteiger partial charge is 0.493 e. The molecule has 0 aliphatic carbocycles. The number of furan rings is 1. The number of rotatable bonds is 5. The van der Waals surface area contributed by atoms with E-state index in [2.05, 4.69) is 0 Å². The second kappa shape index (κ2) is 7.34. The van der Waals surface area contributed by atoms with E-state index in [1.54, 1.807) is 31.1 Å². The van der Waals surface area contributed by atoms with Crippen LogP contribution in [0, 0.1) is 13.8 Å². The van der Waals surface area contributed by atoms with Crippen molar-refractivity contribution in [2.75, 3.05) is 20.8 Å². The number of aliphatic carboxylic acids is 1. The first-order valence-electron chi connectivity index (χ1n) is 8.70. The minimum atomic E-state index is -0.979. The Hall–Kier alpha value is -2.96. The Bertz CT molecular complexity index is 885. The molecule has 3 rings (SSSR count). The first-order chi connectivity index (χ1) is 12.8. The maximum absolute atomic E-state index is 13.1. The van der Waals surface area contributed by atoms with Gasteiger partial charge in [-0.25, -0.2) is 0 Å². The molecule has 0 fully saturated rings. The van der Waals surface area contributed by atoms with Gasteiger partial charge in [-0.15, -0.1) is 0 Å². The molecule has 1 aliphatic heterocycles. The molecular weight excluding hydrogens is 350 g/mol. The van der Waals surface area contributed by atoms with Crippen molar-refractivity contribution < 1.29 is 28.6 Å². The Morgan fingerprint density at radius 1 is 1.19 bits per heavy atom. The lowest BCUT2D eigenvalue weighted by Crippen LogP contribution is -2.41. The molecule has 144 valence electrons. The summed E-state index contributed by atoms with van der Waals surface area (Å²) in [5.41, 5.74) is 2.45. The van der Waals surface area contributed by atoms with Gasteiger partial charge in [-0.2, -0.15) is 0 Å². The molecule has 1 aromatic carbocycles. The summed E-state index contributed by atoms with van der Waals surface area (Å²) >= 11 is 0. The number of fused-ring (bicyclic) bond motifs is 1. The molecule has 7 heteroatoms. The van der Waals surface area contributed by atoms with Gasteiger partial charge >= 0.3 is 5.97 Å². The highest BCUT2D eigenvalue weighted by molar-refractivity contribution is 5.93. The third-order valence-corrected chi connectivity index (χ3v) is 4.87. The summed E-state index contributed by atoms with van der Waals surface area (Å²) in [4.78, 5) is 26.2. The highest BCUT2D eigenvalue weighted by atomic mass is 16.5. The van der Waals surface area contributed by atoms with Crippen molar-refractivity contribution in [3.8, 4) is 11.5 Å². The van der Waals surface area contributed by atoms with Gasteiger partial charge in [0.1, 0.15) is 5.76 Å². The molecule has 0 radical (unpaired) electrons. The Morgan fingerprint density at radius 3 is 2.41 bits per heavy atom. The Balaban J connectivity index is 2.05. The van der Waals surface area contributed by atoms with Crippen LogP contribution in [0.25, 0.3) is 0 Å². The summed E-state index contributed by atoms with van der Waals surface area (Å²) < 4.78 is 16.3. The van der Waals surface area contributed by atoms with Crippen LogP contribution in [0.5, 0.6) is 11.5 Å². The SMILES string of the molecule is COc1cc2c(cc1OC)C(CC(=O)O)N(C(=O)c1oc(C)cc1C)CC2. The average molecular weight is 373 g/mol. The highest BCUT2D eigenvalue weighted by Crippen LogP contribution is 2.40. The number of carbonyl (C=O) groups is 2. The molecule has 1 aromatic heterocycles. The third kappa shape index (κ3) is 3.49. The quantitative estimate of drug-likeness (QED) is 0.866. The maximum Gasteiger partial charge on any atom is 0.305 e. The molecule has 0 saturated heterocycles. The Morgan fingerprint density at radius 2 is 1.85 bits per heavy atom. The van der Waals surface area contributed by atoms with E-state index in [1.165, 1.54) is 7.11 Å². The van der Waals surface area contributed by atoms with Crippen LogP contribution >= 0.6 is 0 Å². The van der Waals surface area contributed by atoms with Crippen molar-refractivity contribution in [2.45, 2.75) is 32.7 Å². The van der Waals surface area contributed by atoms with E-state index in [0.29, 0.717) is 30.2 Å². The number of ether oxygens (including phenoxy) is 2. The standard InChI is InChI=1S/C20H23NO6/c1-11-7-12(2)27-19(11)20(24)21-6-5-13-8-16(25-3)17(26-4)9-14(13)15(21)10-18(22)23/h7-9,15H,5-6,10H2,1-4H3,(H,22,23). The van der Waals surface area contributed by atoms with Gasteiger partial charge in [0, 0.05) is 12.1 Å². The minimum Gasteiger partial charge on any atom is -0.493 e. The van der Waals surface area contributed by atoms with Crippen molar-refractivity contribution in [3.05, 3.63) is 46.4 Å². The molecule has 0 saturated carbocycles. The lowest BCUT2D eigenvalue weighted by atomic mass is 9.89. The third-order valence-electron chi connectivity index (χ3n) is 4.87. The lowest BCUT2D eigenvalue weighted by molar-refractivity contribution is -0.138. The smallest absolute Gasteiger partial charge is 0.305 e.